The van der Waals surface area contributed by atoms with E-state index in [0.717, 1.165) is 114 Å². The topological polar surface area (TPSA) is 171 Å². The Labute approximate surface area is 424 Å². The van der Waals surface area contributed by atoms with E-state index in [1.54, 1.807) is 28.4 Å². The molecule has 0 atom stereocenters. The number of Topliss-reactive ketones (excluding diaryl/α,β-unsaturated/α-hetero) is 1. The van der Waals surface area contributed by atoms with Crippen LogP contribution in [0, 0.1) is 0 Å². The molecule has 6 aromatic rings. The van der Waals surface area contributed by atoms with Gasteiger partial charge in [0.25, 0.3) is 0 Å². The van der Waals surface area contributed by atoms with Crippen LogP contribution in [0.15, 0.2) is 84.9 Å². The number of likely N-dealkylation sites (tertiary alicyclic amines) is 2. The Kier molecular flexibility index (Phi) is 13.6. The van der Waals surface area contributed by atoms with Crippen molar-refractivity contribution in [3.05, 3.63) is 96.1 Å². The molecule has 2 saturated carbocycles. The lowest BCUT2D eigenvalue weighted by Gasteiger charge is -2.54. The van der Waals surface area contributed by atoms with Crippen molar-refractivity contribution in [1.82, 2.24) is 29.7 Å². The van der Waals surface area contributed by atoms with E-state index in [1.165, 1.54) is 11.1 Å². The molecule has 0 amide bonds. The number of rotatable bonds is 16. The van der Waals surface area contributed by atoms with Crippen molar-refractivity contribution in [1.29, 1.82) is 0 Å². The summed E-state index contributed by atoms with van der Waals surface area (Å²) in [5.74, 6) is 4.74. The zero-order valence-electron chi connectivity index (χ0n) is 43.1. The number of nitrogens with zero attached hydrogens (tertiary/aromatic N) is 8. The number of methoxy groups -OCH3 is 4. The van der Waals surface area contributed by atoms with Gasteiger partial charge < -0.3 is 40.2 Å². The molecule has 15 heteroatoms. The number of fused-ring (bicyclic) bond motifs is 2. The number of anilines is 4. The molecule has 4 heterocycles. The number of ketones is 1. The monoisotopic (exact) mass is 977 g/mol. The van der Waals surface area contributed by atoms with E-state index in [-0.39, 0.29) is 10.8 Å². The van der Waals surface area contributed by atoms with Gasteiger partial charge in [-0.3, -0.25) is 14.6 Å². The molecule has 2 aliphatic carbocycles. The molecule has 2 saturated heterocycles. The van der Waals surface area contributed by atoms with Gasteiger partial charge in [0.05, 0.1) is 50.6 Å². The van der Waals surface area contributed by atoms with Gasteiger partial charge in [-0.1, -0.05) is 86.3 Å². The van der Waals surface area contributed by atoms with Gasteiger partial charge in [0.1, 0.15) is 11.6 Å². The number of carbonyl (C=O) groups excluding carboxylic acids is 1. The second-order valence-electron chi connectivity index (χ2n) is 21.1. The number of ether oxygens (including phenoxy) is 4. The Morgan fingerprint density at radius 3 is 1.18 bits per heavy atom. The number of carbonyl (C=O) groups is 1. The number of benzene rings is 4. The minimum atomic E-state index is -0.483. The second kappa shape index (κ2) is 19.9. The van der Waals surface area contributed by atoms with Gasteiger partial charge in [0.2, 0.25) is 11.9 Å². The van der Waals surface area contributed by atoms with Crippen LogP contribution < -0.4 is 40.2 Å². The molecule has 10 rings (SSSR count). The molecule has 0 bridgehead atoms. The largest absolute Gasteiger partial charge is 0.493 e. The molecule has 72 heavy (non-hydrogen) atoms. The summed E-state index contributed by atoms with van der Waals surface area (Å²) in [5.41, 5.74) is 15.9. The van der Waals surface area contributed by atoms with Crippen LogP contribution in [0.5, 0.6) is 23.0 Å². The third-order valence-electron chi connectivity index (χ3n) is 17.3. The molecular formula is C57H72N10O5. The lowest BCUT2D eigenvalue weighted by atomic mass is 9.68. The van der Waals surface area contributed by atoms with Gasteiger partial charge >= 0.3 is 0 Å². The molecule has 2 aliphatic heterocycles. The maximum absolute atomic E-state index is 16.1. The van der Waals surface area contributed by atoms with Crippen LogP contribution >= 0.6 is 0 Å². The van der Waals surface area contributed by atoms with E-state index in [4.69, 9.17) is 50.4 Å². The summed E-state index contributed by atoms with van der Waals surface area (Å²) in [7, 11) is 10.6. The van der Waals surface area contributed by atoms with Gasteiger partial charge in [-0.2, -0.15) is 9.97 Å². The average molecular weight is 977 g/mol. The Morgan fingerprint density at radius 2 is 0.847 bits per heavy atom. The van der Waals surface area contributed by atoms with E-state index >= 15 is 4.79 Å². The summed E-state index contributed by atoms with van der Waals surface area (Å²) in [5, 5.41) is 1.44. The van der Waals surface area contributed by atoms with Crippen LogP contribution in [0.3, 0.4) is 0 Å². The number of aromatic nitrogens is 4. The SMILES string of the molecule is COc1cc2nc(N(C)CC3(c4ccccc4)CCN(C4(C(=O)C5(N6CCC(CN(C)c7nc(N)c8cc(OC)c(OC)cc8n7)(c7ccccc7)CC6)CCCC5)CCCC4)CC3)nc(N)c2cc1OC. The minimum Gasteiger partial charge on any atom is -0.493 e. The first-order valence-electron chi connectivity index (χ1n) is 25.9. The zero-order valence-corrected chi connectivity index (χ0v) is 43.1. The van der Waals surface area contributed by atoms with E-state index in [9.17, 15) is 0 Å². The summed E-state index contributed by atoms with van der Waals surface area (Å²) in [6, 6.07) is 29.2. The van der Waals surface area contributed by atoms with Crippen molar-refractivity contribution in [2.75, 3.05) is 103 Å². The van der Waals surface area contributed by atoms with Crippen molar-refractivity contribution < 1.29 is 23.7 Å². The molecule has 380 valence electrons. The fraction of sp³-hybridized carbons (Fsp3) is 0.491. The van der Waals surface area contributed by atoms with Crippen LogP contribution in [0.4, 0.5) is 23.5 Å². The van der Waals surface area contributed by atoms with Crippen molar-refractivity contribution in [2.45, 2.75) is 99.0 Å². The molecule has 0 radical (unpaired) electrons. The molecule has 2 aromatic heterocycles. The van der Waals surface area contributed by atoms with Crippen molar-refractivity contribution >= 4 is 51.1 Å². The van der Waals surface area contributed by atoms with Gasteiger partial charge in [-0.05, 0) is 74.6 Å². The van der Waals surface area contributed by atoms with Crippen LogP contribution in [-0.2, 0) is 15.6 Å². The number of piperidine rings is 2. The van der Waals surface area contributed by atoms with Gasteiger partial charge in [0.15, 0.2) is 28.8 Å². The molecule has 15 nitrogen and oxygen atoms in total. The smallest absolute Gasteiger partial charge is 0.227 e. The zero-order chi connectivity index (χ0) is 50.3. The maximum Gasteiger partial charge on any atom is 0.227 e. The number of hydrogen-bond acceptors (Lipinski definition) is 15. The van der Waals surface area contributed by atoms with E-state index in [1.807, 2.05) is 24.3 Å². The summed E-state index contributed by atoms with van der Waals surface area (Å²) in [6.45, 7) is 4.76. The Balaban J connectivity index is 0.896. The predicted octanol–water partition coefficient (Wildman–Crippen LogP) is 8.61. The fourth-order valence-electron chi connectivity index (χ4n) is 13.4. The number of hydrogen-bond donors (Lipinski definition) is 2. The van der Waals surface area contributed by atoms with E-state index in [2.05, 4.69) is 94.4 Å². The lowest BCUT2D eigenvalue weighted by molar-refractivity contribution is -0.147. The van der Waals surface area contributed by atoms with Crippen molar-refractivity contribution in [3.8, 4) is 23.0 Å². The Hall–Kier alpha value is -6.45. The quantitative estimate of drug-likeness (QED) is 0.0944. The van der Waals surface area contributed by atoms with E-state index in [0.29, 0.717) is 76.4 Å². The number of nitrogen functional groups attached to an aromatic ring is 2. The third kappa shape index (κ3) is 8.65. The minimum absolute atomic E-state index is 0.199. The highest BCUT2D eigenvalue weighted by Crippen LogP contribution is 2.51. The maximum atomic E-state index is 16.1. The first kappa shape index (κ1) is 49.1. The molecule has 0 spiro atoms. The summed E-state index contributed by atoms with van der Waals surface area (Å²) in [6.07, 6.45) is 11.6. The fourth-order valence-corrected chi connectivity index (χ4v) is 13.4. The van der Waals surface area contributed by atoms with Crippen LogP contribution in [0.1, 0.15) is 88.2 Å². The summed E-state index contributed by atoms with van der Waals surface area (Å²) in [4.78, 5) is 45.4. The first-order valence-corrected chi connectivity index (χ1v) is 25.9. The van der Waals surface area contributed by atoms with Crippen LogP contribution in [-0.4, -0.2) is 128 Å². The highest BCUT2D eigenvalue weighted by atomic mass is 16.5. The van der Waals surface area contributed by atoms with E-state index < -0.39 is 11.1 Å². The third-order valence-corrected chi connectivity index (χ3v) is 17.3. The average Bonchev–Trinajstić information content (AvgIpc) is 4.13. The van der Waals surface area contributed by atoms with Gasteiger partial charge in [-0.25, -0.2) is 9.97 Å². The second-order valence-corrected chi connectivity index (χ2v) is 21.1. The molecule has 4 aromatic carbocycles. The highest BCUT2D eigenvalue weighted by molar-refractivity contribution is 5.97. The van der Waals surface area contributed by atoms with Crippen LogP contribution in [0.25, 0.3) is 21.8 Å². The van der Waals surface area contributed by atoms with Gasteiger partial charge in [-0.15, -0.1) is 0 Å². The molecule has 0 unspecified atom stereocenters. The lowest BCUT2D eigenvalue weighted by Crippen LogP contribution is -2.68. The standard InChI is InChI=1S/C57H72N10O5/c1-64(52-60-43-35-47(71-5)45(69-3)33-41(43)49(58)62-52)37-54(39-17-9-7-10-18-39)25-29-66(30-26-54)56(21-13-14-22-56)51(68)57(23-15-16-24-57)67-31-27-55(28-32-67,40-19-11-8-12-20-40)38-65(2)53-61-44-36-48(72-6)46(70-4)34-42(44)50(59)63-53/h7-12,17-20,33-36H,13-16,21-32,37-38H2,1-6H3,(H2,58,60,62)(H2,59,61,63). The molecular weight excluding hydrogens is 905 g/mol. The predicted molar refractivity (Wildman–Crippen MR) is 286 cm³/mol. The summed E-state index contributed by atoms with van der Waals surface area (Å²) < 4.78 is 22.3. The van der Waals surface area contributed by atoms with Crippen molar-refractivity contribution in [2.24, 2.45) is 0 Å². The van der Waals surface area contributed by atoms with Crippen LogP contribution in [0.2, 0.25) is 0 Å². The normalized spacial score (nSPS) is 19.5. The first-order chi connectivity index (χ1) is 34.9. The molecule has 4 N–H and O–H groups in total. The summed E-state index contributed by atoms with van der Waals surface area (Å²) >= 11 is 0. The Morgan fingerprint density at radius 1 is 0.514 bits per heavy atom. The van der Waals surface area contributed by atoms with Crippen molar-refractivity contribution in [3.63, 3.8) is 0 Å². The molecule has 4 fully saturated rings. The number of likely N-dealkylation sites (N-methyl/N-ethyl adjacent to an activating group) is 2. The number of nitrogens with two attached hydrogens (primary N) is 2. The highest BCUT2D eigenvalue weighted by Gasteiger charge is 2.59. The van der Waals surface area contributed by atoms with Gasteiger partial charge in [0, 0.05) is 87.1 Å². The molecule has 4 aliphatic rings. The Bertz CT molecular complexity index is 2700.